The van der Waals surface area contributed by atoms with Crippen molar-refractivity contribution >= 4 is 21.9 Å². The number of esters is 1. The lowest BCUT2D eigenvalue weighted by Gasteiger charge is -2.21. The molecule has 0 radical (unpaired) electrons. The summed E-state index contributed by atoms with van der Waals surface area (Å²) in [6.45, 7) is 5.03. The molecule has 0 amide bonds. The first-order valence-corrected chi connectivity index (χ1v) is 6.22. The average molecular weight is 318 g/mol. The molecule has 100 valence electrons. The zero-order valence-corrected chi connectivity index (χ0v) is 12.1. The number of aliphatic hydroxyl groups excluding tert-OH is 1. The molecule has 0 aliphatic rings. The van der Waals surface area contributed by atoms with Gasteiger partial charge in [-0.15, -0.1) is 0 Å². The molecule has 6 heteroatoms. The Bertz CT molecular complexity index is 400. The molecule has 1 aromatic rings. The predicted octanol–water partition coefficient (Wildman–Crippen LogP) is 1.93. The second-order valence-corrected chi connectivity index (χ2v) is 5.49. The van der Waals surface area contributed by atoms with E-state index in [-0.39, 0.29) is 6.61 Å². The molecule has 0 aromatic carbocycles. The maximum Gasteiger partial charge on any atom is 0.339 e. The van der Waals surface area contributed by atoms with E-state index in [9.17, 15) is 9.90 Å². The second kappa shape index (κ2) is 6.15. The summed E-state index contributed by atoms with van der Waals surface area (Å²) in [6.07, 6.45) is 0.180. The van der Waals surface area contributed by atoms with Crippen LogP contribution < -0.4 is 4.74 Å². The van der Waals surface area contributed by atoms with E-state index in [0.717, 1.165) is 0 Å². The predicted molar refractivity (Wildman–Crippen MR) is 69.3 cm³/mol. The highest BCUT2D eigenvalue weighted by Crippen LogP contribution is 2.13. The quantitative estimate of drug-likeness (QED) is 0.678. The van der Waals surface area contributed by atoms with Crippen LogP contribution in [-0.4, -0.2) is 34.4 Å². The zero-order chi connectivity index (χ0) is 13.8. The third-order valence-corrected chi connectivity index (χ3v) is 2.26. The number of hydrogen-bond donors (Lipinski definition) is 1. The van der Waals surface area contributed by atoms with E-state index in [4.69, 9.17) is 9.47 Å². The number of halogens is 1. The molecule has 1 heterocycles. The molecule has 1 atom stereocenters. The second-order valence-electron chi connectivity index (χ2n) is 4.68. The fourth-order valence-corrected chi connectivity index (χ4v) is 1.30. The third kappa shape index (κ3) is 5.46. The minimum absolute atomic E-state index is 0.168. The molecule has 5 nitrogen and oxygen atoms in total. The van der Waals surface area contributed by atoms with Gasteiger partial charge in [0.05, 0.1) is 6.20 Å². The molecule has 1 rings (SSSR count). The lowest BCUT2D eigenvalue weighted by atomic mass is 10.2. The highest BCUT2D eigenvalue weighted by atomic mass is 79.9. The third-order valence-electron chi connectivity index (χ3n) is 1.79. The first-order valence-electron chi connectivity index (χ1n) is 5.43. The molecule has 0 aliphatic heterocycles. The Morgan fingerprint density at radius 3 is 2.67 bits per heavy atom. The van der Waals surface area contributed by atoms with Crippen LogP contribution in [-0.2, 0) is 9.53 Å². The largest absolute Gasteiger partial charge is 0.489 e. The van der Waals surface area contributed by atoms with E-state index < -0.39 is 17.7 Å². The molecule has 1 aromatic heterocycles. The Morgan fingerprint density at radius 1 is 1.50 bits per heavy atom. The lowest BCUT2D eigenvalue weighted by molar-refractivity contribution is -0.166. The van der Waals surface area contributed by atoms with Crippen LogP contribution in [0.4, 0.5) is 0 Å². The van der Waals surface area contributed by atoms with Crippen LogP contribution in [0.15, 0.2) is 22.9 Å². The van der Waals surface area contributed by atoms with Crippen molar-refractivity contribution in [2.24, 2.45) is 0 Å². The smallest absolute Gasteiger partial charge is 0.339 e. The number of carbonyl (C=O) groups excluding carboxylic acids is 1. The van der Waals surface area contributed by atoms with Gasteiger partial charge in [-0.05, 0) is 48.8 Å². The molecule has 0 fully saturated rings. The van der Waals surface area contributed by atoms with Crippen molar-refractivity contribution in [2.75, 3.05) is 6.61 Å². The molecular formula is C12H16BrNO4. The standard InChI is InChI=1S/C12H16BrNO4/c1-12(2,3)18-11(16)9(15)7-17-8-4-5-10(13)14-6-8/h4-6,9,15H,7H2,1-3H3. The summed E-state index contributed by atoms with van der Waals surface area (Å²) >= 11 is 3.19. The first kappa shape index (κ1) is 14.9. The molecule has 1 unspecified atom stereocenters. The molecular weight excluding hydrogens is 302 g/mol. The van der Waals surface area contributed by atoms with Crippen LogP contribution in [0.3, 0.4) is 0 Å². The van der Waals surface area contributed by atoms with Gasteiger partial charge in [-0.3, -0.25) is 0 Å². The van der Waals surface area contributed by atoms with Crippen molar-refractivity contribution in [1.82, 2.24) is 4.98 Å². The summed E-state index contributed by atoms with van der Waals surface area (Å²) in [7, 11) is 0. The van der Waals surface area contributed by atoms with E-state index in [1.54, 1.807) is 32.9 Å². The van der Waals surface area contributed by atoms with E-state index >= 15 is 0 Å². The number of aromatic nitrogens is 1. The summed E-state index contributed by atoms with van der Waals surface area (Å²) in [5.41, 5.74) is -0.628. The van der Waals surface area contributed by atoms with E-state index in [1.807, 2.05) is 0 Å². The Balaban J connectivity index is 2.43. The van der Waals surface area contributed by atoms with Crippen LogP contribution in [0.2, 0.25) is 0 Å². The molecule has 0 spiro atoms. The normalized spacial score (nSPS) is 12.9. The number of carbonyl (C=O) groups is 1. The monoisotopic (exact) mass is 317 g/mol. The zero-order valence-electron chi connectivity index (χ0n) is 10.5. The highest BCUT2D eigenvalue weighted by molar-refractivity contribution is 9.10. The Kier molecular flexibility index (Phi) is 5.10. The van der Waals surface area contributed by atoms with Gasteiger partial charge in [-0.25, -0.2) is 9.78 Å². The van der Waals surface area contributed by atoms with Crippen molar-refractivity contribution < 1.29 is 19.4 Å². The van der Waals surface area contributed by atoms with Crippen LogP contribution in [0.5, 0.6) is 5.75 Å². The average Bonchev–Trinajstić information content (AvgIpc) is 2.25. The minimum atomic E-state index is -1.31. The van der Waals surface area contributed by atoms with E-state index in [1.165, 1.54) is 6.20 Å². The van der Waals surface area contributed by atoms with Gasteiger partial charge < -0.3 is 14.6 Å². The molecule has 18 heavy (non-hydrogen) atoms. The van der Waals surface area contributed by atoms with Crippen LogP contribution in [0.25, 0.3) is 0 Å². The van der Waals surface area contributed by atoms with Gasteiger partial charge in [-0.1, -0.05) is 0 Å². The molecule has 0 bridgehead atoms. The summed E-state index contributed by atoms with van der Waals surface area (Å²) in [6, 6.07) is 3.38. The van der Waals surface area contributed by atoms with Gasteiger partial charge >= 0.3 is 5.97 Å². The lowest BCUT2D eigenvalue weighted by Crippen LogP contribution is -2.35. The number of rotatable bonds is 4. The number of pyridine rings is 1. The molecule has 1 N–H and O–H groups in total. The number of aliphatic hydroxyl groups is 1. The Hall–Kier alpha value is -1.14. The van der Waals surface area contributed by atoms with Gasteiger partial charge in [0.25, 0.3) is 0 Å². The maximum absolute atomic E-state index is 11.5. The van der Waals surface area contributed by atoms with Crippen molar-refractivity contribution in [3.8, 4) is 5.75 Å². The summed E-state index contributed by atoms with van der Waals surface area (Å²) in [4.78, 5) is 15.4. The fraction of sp³-hybridized carbons (Fsp3) is 0.500. The number of hydrogen-bond acceptors (Lipinski definition) is 5. The van der Waals surface area contributed by atoms with Crippen molar-refractivity contribution in [2.45, 2.75) is 32.5 Å². The van der Waals surface area contributed by atoms with Gasteiger partial charge in [0.2, 0.25) is 0 Å². The van der Waals surface area contributed by atoms with Crippen molar-refractivity contribution in [1.29, 1.82) is 0 Å². The van der Waals surface area contributed by atoms with Crippen molar-refractivity contribution in [3.63, 3.8) is 0 Å². The Labute approximate surface area is 114 Å². The van der Waals surface area contributed by atoms with Gasteiger partial charge in [0.15, 0.2) is 6.10 Å². The highest BCUT2D eigenvalue weighted by Gasteiger charge is 2.23. The number of nitrogens with zero attached hydrogens (tertiary/aromatic N) is 1. The fourth-order valence-electron chi connectivity index (χ4n) is 1.06. The molecule has 0 saturated heterocycles. The summed E-state index contributed by atoms with van der Waals surface area (Å²) < 4.78 is 10.9. The van der Waals surface area contributed by atoms with Gasteiger partial charge in [-0.2, -0.15) is 0 Å². The SMILES string of the molecule is CC(C)(C)OC(=O)C(O)COc1ccc(Br)nc1. The Morgan fingerprint density at radius 2 is 2.17 bits per heavy atom. The topological polar surface area (TPSA) is 68.7 Å². The molecule has 0 saturated carbocycles. The van der Waals surface area contributed by atoms with Gasteiger partial charge in [0.1, 0.15) is 22.6 Å². The number of ether oxygens (including phenoxy) is 2. The van der Waals surface area contributed by atoms with E-state index in [0.29, 0.717) is 10.4 Å². The van der Waals surface area contributed by atoms with Crippen LogP contribution in [0.1, 0.15) is 20.8 Å². The summed E-state index contributed by atoms with van der Waals surface area (Å²) in [5, 5.41) is 9.57. The summed E-state index contributed by atoms with van der Waals surface area (Å²) in [5.74, 6) is -0.228. The first-order chi connectivity index (χ1) is 8.28. The molecule has 0 aliphatic carbocycles. The van der Waals surface area contributed by atoms with E-state index in [2.05, 4.69) is 20.9 Å². The van der Waals surface area contributed by atoms with Gasteiger partial charge in [0, 0.05) is 0 Å². The maximum atomic E-state index is 11.5. The van der Waals surface area contributed by atoms with Crippen molar-refractivity contribution in [3.05, 3.63) is 22.9 Å². The minimum Gasteiger partial charge on any atom is -0.489 e. The van der Waals surface area contributed by atoms with Crippen LogP contribution >= 0.6 is 15.9 Å². The van der Waals surface area contributed by atoms with Crippen LogP contribution in [0, 0.1) is 0 Å².